The van der Waals surface area contributed by atoms with Crippen molar-refractivity contribution in [3.63, 3.8) is 0 Å². The highest BCUT2D eigenvalue weighted by Gasteiger charge is 2.20. The lowest BCUT2D eigenvalue weighted by Gasteiger charge is -2.10. The lowest BCUT2D eigenvalue weighted by molar-refractivity contribution is -0.118. The molecule has 1 aromatic carbocycles. The number of fused-ring (bicyclic) bond motifs is 1. The van der Waals surface area contributed by atoms with Crippen LogP contribution in [0.4, 0.5) is 5.82 Å². The molecule has 0 aliphatic carbocycles. The SMILES string of the molecule is NC(=O)Cn1ncc(-c2ccc3nc(-c4nccnc4N)n(-c4ccc(CCl)cc4)c3n2)n1. The van der Waals surface area contributed by atoms with Crippen LogP contribution in [-0.4, -0.2) is 45.4 Å². The molecule has 11 nitrogen and oxygen atoms in total. The fourth-order valence-corrected chi connectivity index (χ4v) is 3.57. The number of aromatic nitrogens is 8. The molecule has 0 aliphatic heterocycles. The summed E-state index contributed by atoms with van der Waals surface area (Å²) in [5, 5.41) is 8.36. The van der Waals surface area contributed by atoms with Crippen LogP contribution in [0.5, 0.6) is 0 Å². The number of carbonyl (C=O) groups excluding carboxylic acids is 1. The summed E-state index contributed by atoms with van der Waals surface area (Å²) in [6.45, 7) is -0.122. The number of alkyl halides is 1. The number of hydrogen-bond donors (Lipinski definition) is 2. The van der Waals surface area contributed by atoms with E-state index in [1.54, 1.807) is 12.3 Å². The Hall–Kier alpha value is -4.38. The van der Waals surface area contributed by atoms with E-state index in [1.807, 2.05) is 34.9 Å². The van der Waals surface area contributed by atoms with Crippen molar-refractivity contribution in [3.8, 4) is 28.6 Å². The maximum atomic E-state index is 11.2. The van der Waals surface area contributed by atoms with E-state index in [9.17, 15) is 4.79 Å². The molecule has 4 heterocycles. The van der Waals surface area contributed by atoms with Crippen LogP contribution in [0.1, 0.15) is 5.56 Å². The molecule has 164 valence electrons. The summed E-state index contributed by atoms with van der Waals surface area (Å²) < 4.78 is 1.85. The van der Waals surface area contributed by atoms with Crippen LogP contribution in [0.3, 0.4) is 0 Å². The number of benzene rings is 1. The molecular weight excluding hydrogens is 444 g/mol. The highest BCUT2D eigenvalue weighted by molar-refractivity contribution is 6.17. The molecule has 0 fully saturated rings. The van der Waals surface area contributed by atoms with Gasteiger partial charge < -0.3 is 11.5 Å². The first kappa shape index (κ1) is 20.5. The highest BCUT2D eigenvalue weighted by atomic mass is 35.5. The fourth-order valence-electron chi connectivity index (χ4n) is 3.39. The van der Waals surface area contributed by atoms with Crippen LogP contribution in [0.25, 0.3) is 39.8 Å². The monoisotopic (exact) mass is 460 g/mol. The van der Waals surface area contributed by atoms with Crippen molar-refractivity contribution in [1.29, 1.82) is 0 Å². The maximum absolute atomic E-state index is 11.2. The van der Waals surface area contributed by atoms with Gasteiger partial charge in [-0.15, -0.1) is 11.6 Å². The van der Waals surface area contributed by atoms with Crippen molar-refractivity contribution in [1.82, 2.24) is 39.5 Å². The number of carbonyl (C=O) groups is 1. The number of anilines is 1. The van der Waals surface area contributed by atoms with Gasteiger partial charge >= 0.3 is 0 Å². The Morgan fingerprint density at radius 2 is 1.79 bits per heavy atom. The molecular formula is C21H17ClN10O. The van der Waals surface area contributed by atoms with Gasteiger partial charge in [0, 0.05) is 24.0 Å². The zero-order chi connectivity index (χ0) is 22.9. The number of pyridine rings is 1. The van der Waals surface area contributed by atoms with E-state index < -0.39 is 5.91 Å². The topological polar surface area (TPSA) is 156 Å². The molecule has 0 atom stereocenters. The molecule has 0 unspecified atom stereocenters. The number of nitrogens with two attached hydrogens (primary N) is 2. The molecule has 4 N–H and O–H groups in total. The van der Waals surface area contributed by atoms with Crippen molar-refractivity contribution in [2.24, 2.45) is 5.73 Å². The summed E-state index contributed by atoms with van der Waals surface area (Å²) >= 11 is 5.96. The number of hydrogen-bond acceptors (Lipinski definition) is 8. The molecule has 0 aliphatic rings. The second-order valence-corrected chi connectivity index (χ2v) is 7.39. The van der Waals surface area contributed by atoms with Gasteiger partial charge in [-0.2, -0.15) is 15.0 Å². The van der Waals surface area contributed by atoms with Gasteiger partial charge in [0.1, 0.15) is 23.4 Å². The number of halogens is 1. The van der Waals surface area contributed by atoms with E-state index in [4.69, 9.17) is 33.0 Å². The first-order valence-electron chi connectivity index (χ1n) is 9.84. The van der Waals surface area contributed by atoms with E-state index in [1.165, 1.54) is 17.2 Å². The van der Waals surface area contributed by atoms with Crippen LogP contribution in [0, 0.1) is 0 Å². The molecule has 5 aromatic rings. The second-order valence-electron chi connectivity index (χ2n) is 7.13. The molecule has 33 heavy (non-hydrogen) atoms. The first-order chi connectivity index (χ1) is 16.0. The van der Waals surface area contributed by atoms with Crippen molar-refractivity contribution in [2.75, 3.05) is 5.73 Å². The third-order valence-electron chi connectivity index (χ3n) is 4.89. The molecule has 1 amide bonds. The molecule has 0 saturated heterocycles. The highest BCUT2D eigenvalue weighted by Crippen LogP contribution is 2.30. The summed E-state index contributed by atoms with van der Waals surface area (Å²) in [6, 6.07) is 11.3. The third-order valence-corrected chi connectivity index (χ3v) is 5.20. The summed E-state index contributed by atoms with van der Waals surface area (Å²) in [5.41, 5.74) is 15.8. The van der Waals surface area contributed by atoms with Crippen molar-refractivity contribution < 1.29 is 4.79 Å². The van der Waals surface area contributed by atoms with Crippen molar-refractivity contribution >= 4 is 34.5 Å². The summed E-state index contributed by atoms with van der Waals surface area (Å²) in [5.74, 6) is 0.612. The standard InChI is InChI=1S/C21H17ClN10O/c22-9-12-1-3-13(4-2-12)32-20-15(29-21(32)18-19(24)26-8-7-25-18)6-5-14(28-20)16-10-27-31(30-16)11-17(23)33/h1-8,10H,9,11H2,(H2,23,33)(H2,24,26). The van der Waals surface area contributed by atoms with Crippen LogP contribution in [-0.2, 0) is 17.2 Å². The number of nitrogens with zero attached hydrogens (tertiary/aromatic N) is 8. The zero-order valence-corrected chi connectivity index (χ0v) is 17.9. The van der Waals surface area contributed by atoms with Gasteiger partial charge in [-0.1, -0.05) is 12.1 Å². The predicted octanol–water partition coefficient (Wildman–Crippen LogP) is 1.94. The minimum absolute atomic E-state index is 0.122. The van der Waals surface area contributed by atoms with Gasteiger partial charge in [0.25, 0.3) is 0 Å². The Balaban J connectivity index is 1.71. The molecule has 12 heteroatoms. The Labute approximate surface area is 192 Å². The van der Waals surface area contributed by atoms with Gasteiger partial charge in [-0.3, -0.25) is 9.36 Å². The predicted molar refractivity (Wildman–Crippen MR) is 122 cm³/mol. The van der Waals surface area contributed by atoms with Crippen LogP contribution in [0.15, 0.2) is 55.0 Å². The van der Waals surface area contributed by atoms with E-state index in [-0.39, 0.29) is 12.4 Å². The number of amides is 1. The van der Waals surface area contributed by atoms with Crippen molar-refractivity contribution in [3.05, 3.63) is 60.6 Å². The average Bonchev–Trinajstić information content (AvgIpc) is 3.43. The average molecular weight is 461 g/mol. The Morgan fingerprint density at radius 1 is 1.00 bits per heavy atom. The third kappa shape index (κ3) is 3.85. The molecule has 0 saturated carbocycles. The molecule has 4 aromatic heterocycles. The van der Waals surface area contributed by atoms with Crippen LogP contribution in [0.2, 0.25) is 0 Å². The minimum atomic E-state index is -0.537. The Bertz CT molecular complexity index is 1470. The molecule has 5 rings (SSSR count). The smallest absolute Gasteiger partial charge is 0.241 e. The van der Waals surface area contributed by atoms with Crippen LogP contribution >= 0.6 is 11.6 Å². The molecule has 0 bridgehead atoms. The number of rotatable bonds is 6. The number of imidazole rings is 1. The summed E-state index contributed by atoms with van der Waals surface area (Å²) in [6.07, 6.45) is 4.60. The second kappa shape index (κ2) is 8.28. The maximum Gasteiger partial charge on any atom is 0.241 e. The largest absolute Gasteiger partial charge is 0.382 e. The normalized spacial score (nSPS) is 11.2. The van der Waals surface area contributed by atoms with E-state index in [2.05, 4.69) is 20.2 Å². The fraction of sp³-hybridized carbons (Fsp3) is 0.0952. The molecule has 0 spiro atoms. The van der Waals surface area contributed by atoms with E-state index >= 15 is 0 Å². The van der Waals surface area contributed by atoms with Gasteiger partial charge in [0.05, 0.1) is 11.9 Å². The van der Waals surface area contributed by atoms with Crippen LogP contribution < -0.4 is 11.5 Å². The lowest BCUT2D eigenvalue weighted by atomic mass is 10.2. The number of nitrogen functional groups attached to an aromatic ring is 1. The van der Waals surface area contributed by atoms with E-state index in [0.29, 0.717) is 40.0 Å². The van der Waals surface area contributed by atoms with Gasteiger partial charge in [0.15, 0.2) is 17.3 Å². The van der Waals surface area contributed by atoms with E-state index in [0.717, 1.165) is 11.3 Å². The quantitative estimate of drug-likeness (QED) is 0.364. The summed E-state index contributed by atoms with van der Waals surface area (Å²) in [4.78, 5) is 30.4. The molecule has 0 radical (unpaired) electrons. The first-order valence-corrected chi connectivity index (χ1v) is 10.4. The lowest BCUT2D eigenvalue weighted by Crippen LogP contribution is -2.20. The van der Waals surface area contributed by atoms with Gasteiger partial charge in [0.2, 0.25) is 5.91 Å². The Kier molecular flexibility index (Phi) is 5.15. The summed E-state index contributed by atoms with van der Waals surface area (Å²) in [7, 11) is 0. The van der Waals surface area contributed by atoms with Crippen molar-refractivity contribution in [2.45, 2.75) is 12.4 Å². The zero-order valence-electron chi connectivity index (χ0n) is 17.1. The number of primary amides is 1. The minimum Gasteiger partial charge on any atom is -0.382 e. The van der Waals surface area contributed by atoms with Gasteiger partial charge in [-0.05, 0) is 29.8 Å². The Morgan fingerprint density at radius 3 is 2.52 bits per heavy atom. The van der Waals surface area contributed by atoms with Gasteiger partial charge in [-0.25, -0.2) is 19.9 Å².